The number of nitrogens with one attached hydrogen (secondary N) is 2. The van der Waals surface area contributed by atoms with E-state index in [2.05, 4.69) is 30.9 Å². The fourth-order valence-electron chi connectivity index (χ4n) is 2.51. The highest BCUT2D eigenvalue weighted by atomic mass is 19.4. The van der Waals surface area contributed by atoms with Crippen molar-refractivity contribution in [3.05, 3.63) is 59.7 Å². The van der Waals surface area contributed by atoms with Gasteiger partial charge in [0.25, 0.3) is 5.91 Å². The molecule has 0 saturated heterocycles. The molecule has 4 aromatic rings. The highest BCUT2D eigenvalue weighted by Crippen LogP contribution is 2.30. The Morgan fingerprint density at radius 1 is 1.21 bits per heavy atom. The largest absolute Gasteiger partial charge is 0.416 e. The Morgan fingerprint density at radius 3 is 2.76 bits per heavy atom. The maximum absolute atomic E-state index is 12.9. The normalized spacial score (nSPS) is 11.6. The van der Waals surface area contributed by atoms with E-state index in [1.807, 2.05) is 0 Å². The predicted octanol–water partition coefficient (Wildman–Crippen LogP) is 3.44. The van der Waals surface area contributed by atoms with E-state index in [0.29, 0.717) is 5.69 Å². The zero-order valence-corrected chi connectivity index (χ0v) is 14.7. The minimum atomic E-state index is -4.49. The standard InChI is InChI=1S/C17H12F3N7O2/c1-9-6-14(29-26-9)25-16(28)11-8-22-27-5-3-12(24-15(11)27)23-13-7-10(2-4-21-13)17(18,19)20/h2-8H,1H3,(H,25,28)(H,21,23,24). The molecule has 1 amide bonds. The number of alkyl halides is 3. The van der Waals surface area contributed by atoms with Crippen LogP contribution in [0.2, 0.25) is 0 Å². The summed E-state index contributed by atoms with van der Waals surface area (Å²) >= 11 is 0. The number of anilines is 3. The number of hydrogen-bond acceptors (Lipinski definition) is 7. The summed E-state index contributed by atoms with van der Waals surface area (Å²) in [5, 5.41) is 12.9. The first-order valence-corrected chi connectivity index (χ1v) is 8.19. The van der Waals surface area contributed by atoms with Gasteiger partial charge in [0.2, 0.25) is 5.88 Å². The molecular weight excluding hydrogens is 391 g/mol. The fraction of sp³-hybridized carbons (Fsp3) is 0.118. The van der Waals surface area contributed by atoms with Crippen molar-refractivity contribution in [3.8, 4) is 0 Å². The van der Waals surface area contributed by atoms with E-state index in [9.17, 15) is 18.0 Å². The van der Waals surface area contributed by atoms with E-state index in [1.54, 1.807) is 13.0 Å². The molecule has 0 aliphatic rings. The number of pyridine rings is 1. The summed E-state index contributed by atoms with van der Waals surface area (Å²) < 4.78 is 44.9. The first-order valence-electron chi connectivity index (χ1n) is 8.19. The van der Waals surface area contributed by atoms with Crippen molar-refractivity contribution in [1.82, 2.24) is 24.7 Å². The van der Waals surface area contributed by atoms with Crippen molar-refractivity contribution in [3.63, 3.8) is 0 Å². The Morgan fingerprint density at radius 2 is 2.03 bits per heavy atom. The highest BCUT2D eigenvalue weighted by Gasteiger charge is 2.30. The second kappa shape index (κ2) is 6.89. The van der Waals surface area contributed by atoms with Gasteiger partial charge in [-0.25, -0.2) is 14.5 Å². The third-order valence-electron chi connectivity index (χ3n) is 3.82. The number of halogens is 3. The number of hydrogen-bond donors (Lipinski definition) is 2. The van der Waals surface area contributed by atoms with Gasteiger partial charge in [0.15, 0.2) is 5.65 Å². The van der Waals surface area contributed by atoms with Crippen LogP contribution in [0.5, 0.6) is 0 Å². The molecule has 0 radical (unpaired) electrons. The lowest BCUT2D eigenvalue weighted by Gasteiger charge is -2.09. The van der Waals surface area contributed by atoms with E-state index < -0.39 is 17.6 Å². The van der Waals surface area contributed by atoms with E-state index in [4.69, 9.17) is 4.52 Å². The summed E-state index contributed by atoms with van der Waals surface area (Å²) in [6.07, 6.45) is -0.631. The van der Waals surface area contributed by atoms with Crippen LogP contribution in [0.1, 0.15) is 21.6 Å². The van der Waals surface area contributed by atoms with E-state index in [1.165, 1.54) is 23.0 Å². The molecule has 0 spiro atoms. The number of amides is 1. The predicted molar refractivity (Wildman–Crippen MR) is 94.7 cm³/mol. The molecule has 4 rings (SSSR count). The highest BCUT2D eigenvalue weighted by molar-refractivity contribution is 6.07. The van der Waals surface area contributed by atoms with Gasteiger partial charge in [-0.2, -0.15) is 18.3 Å². The smallest absolute Gasteiger partial charge is 0.338 e. The maximum atomic E-state index is 12.9. The van der Waals surface area contributed by atoms with Crippen molar-refractivity contribution in [2.24, 2.45) is 0 Å². The van der Waals surface area contributed by atoms with Crippen LogP contribution in [-0.4, -0.2) is 30.6 Å². The molecule has 0 aromatic carbocycles. The Bertz CT molecular complexity index is 1200. The van der Waals surface area contributed by atoms with Crippen LogP contribution in [0.25, 0.3) is 5.65 Å². The monoisotopic (exact) mass is 403 g/mol. The van der Waals surface area contributed by atoms with Gasteiger partial charge < -0.3 is 9.84 Å². The molecular formula is C17H12F3N7O2. The molecule has 148 valence electrons. The van der Waals surface area contributed by atoms with Gasteiger partial charge in [0.05, 0.1) is 17.5 Å². The molecule has 0 saturated carbocycles. The number of rotatable bonds is 4. The Kier molecular flexibility index (Phi) is 4.37. The van der Waals surface area contributed by atoms with Crippen LogP contribution < -0.4 is 10.6 Å². The lowest BCUT2D eigenvalue weighted by molar-refractivity contribution is -0.137. The molecule has 4 heterocycles. The van der Waals surface area contributed by atoms with Crippen LogP contribution in [0.15, 0.2) is 47.4 Å². The molecule has 9 nitrogen and oxygen atoms in total. The average Bonchev–Trinajstić information content (AvgIpc) is 3.27. The van der Waals surface area contributed by atoms with Gasteiger partial charge in [-0.3, -0.25) is 10.1 Å². The van der Waals surface area contributed by atoms with Crippen LogP contribution >= 0.6 is 0 Å². The summed E-state index contributed by atoms with van der Waals surface area (Å²) in [5.74, 6) is -0.221. The number of aryl methyl sites for hydroxylation is 1. The third-order valence-corrected chi connectivity index (χ3v) is 3.82. The Labute approximate surface area is 160 Å². The number of carbonyl (C=O) groups excluding carboxylic acids is 1. The summed E-state index contributed by atoms with van der Waals surface area (Å²) in [6.45, 7) is 1.70. The first-order chi connectivity index (χ1) is 13.8. The molecule has 0 aliphatic carbocycles. The van der Waals surface area contributed by atoms with Gasteiger partial charge in [0.1, 0.15) is 17.2 Å². The van der Waals surface area contributed by atoms with Gasteiger partial charge >= 0.3 is 6.18 Å². The van der Waals surface area contributed by atoms with E-state index in [-0.39, 0.29) is 28.7 Å². The second-order valence-electron chi connectivity index (χ2n) is 5.98. The number of fused-ring (bicyclic) bond motifs is 1. The van der Waals surface area contributed by atoms with E-state index in [0.717, 1.165) is 18.3 Å². The Hall–Kier alpha value is -3.96. The number of aromatic nitrogens is 5. The zero-order valence-electron chi connectivity index (χ0n) is 14.7. The van der Waals surface area contributed by atoms with Crippen molar-refractivity contribution < 1.29 is 22.5 Å². The molecule has 0 aliphatic heterocycles. The number of carbonyl (C=O) groups is 1. The van der Waals surface area contributed by atoms with Gasteiger partial charge in [-0.1, -0.05) is 5.16 Å². The van der Waals surface area contributed by atoms with Crippen LogP contribution in [-0.2, 0) is 6.18 Å². The minimum absolute atomic E-state index is 0.0423. The van der Waals surface area contributed by atoms with Crippen LogP contribution in [0.4, 0.5) is 30.7 Å². The van der Waals surface area contributed by atoms with Crippen molar-refractivity contribution in [1.29, 1.82) is 0 Å². The van der Waals surface area contributed by atoms with Crippen LogP contribution in [0.3, 0.4) is 0 Å². The molecule has 4 aromatic heterocycles. The maximum Gasteiger partial charge on any atom is 0.416 e. The summed E-state index contributed by atoms with van der Waals surface area (Å²) in [7, 11) is 0. The Balaban J connectivity index is 1.61. The SMILES string of the molecule is Cc1cc(NC(=O)c2cnn3ccc(Nc4cc(C(F)(F)F)ccn4)nc23)on1. The quantitative estimate of drug-likeness (QED) is 0.537. The lowest BCUT2D eigenvalue weighted by atomic mass is 10.2. The molecule has 29 heavy (non-hydrogen) atoms. The number of nitrogens with zero attached hydrogens (tertiary/aromatic N) is 5. The average molecular weight is 403 g/mol. The summed E-state index contributed by atoms with van der Waals surface area (Å²) in [6, 6.07) is 4.77. The molecule has 0 fully saturated rings. The molecule has 2 N–H and O–H groups in total. The van der Waals surface area contributed by atoms with Gasteiger partial charge in [-0.15, -0.1) is 0 Å². The molecule has 12 heteroatoms. The third kappa shape index (κ3) is 3.85. The lowest BCUT2D eigenvalue weighted by Crippen LogP contribution is -2.12. The molecule has 0 unspecified atom stereocenters. The van der Waals surface area contributed by atoms with Crippen molar-refractivity contribution >= 4 is 29.1 Å². The van der Waals surface area contributed by atoms with Gasteiger partial charge in [0, 0.05) is 18.5 Å². The zero-order chi connectivity index (χ0) is 20.6. The van der Waals surface area contributed by atoms with Crippen LogP contribution in [0, 0.1) is 6.92 Å². The topological polar surface area (TPSA) is 110 Å². The van der Waals surface area contributed by atoms with Crippen molar-refractivity contribution in [2.45, 2.75) is 13.1 Å². The van der Waals surface area contributed by atoms with Crippen molar-refractivity contribution in [2.75, 3.05) is 10.6 Å². The first kappa shape index (κ1) is 18.4. The summed E-state index contributed by atoms with van der Waals surface area (Å²) in [4.78, 5) is 20.6. The second-order valence-corrected chi connectivity index (χ2v) is 5.98. The fourth-order valence-corrected chi connectivity index (χ4v) is 2.51. The minimum Gasteiger partial charge on any atom is -0.338 e. The van der Waals surface area contributed by atoms with Gasteiger partial charge in [-0.05, 0) is 25.1 Å². The molecule has 0 bridgehead atoms. The summed E-state index contributed by atoms with van der Waals surface area (Å²) in [5.41, 5.74) is 0.0802. The van der Waals surface area contributed by atoms with E-state index >= 15 is 0 Å². The molecule has 0 atom stereocenters.